The summed E-state index contributed by atoms with van der Waals surface area (Å²) in [5.41, 5.74) is -1.09. The van der Waals surface area contributed by atoms with E-state index in [0.29, 0.717) is 7.92 Å². The molecule has 0 amide bonds. The molecule has 0 N–H and O–H groups in total. The zero-order valence-corrected chi connectivity index (χ0v) is 23.4. The van der Waals surface area contributed by atoms with Gasteiger partial charge >= 0.3 is 46.3 Å². The van der Waals surface area contributed by atoms with Crippen LogP contribution in [0.2, 0.25) is 0 Å². The summed E-state index contributed by atoms with van der Waals surface area (Å²) in [5, 5.41) is 0. The van der Waals surface area contributed by atoms with Gasteiger partial charge in [-0.05, 0) is 23.9 Å². The molecule has 32 heavy (non-hydrogen) atoms. The van der Waals surface area contributed by atoms with Crippen LogP contribution in [0.4, 0.5) is 0 Å². The van der Waals surface area contributed by atoms with Crippen molar-refractivity contribution in [2.75, 3.05) is 25.1 Å². The largest absolute Gasteiger partial charge is 1.00 e. The number of carbonyl (C=O) groups is 4. The van der Waals surface area contributed by atoms with Crippen LogP contribution in [0.3, 0.4) is 0 Å². The molecule has 0 spiro atoms. The maximum absolute atomic E-state index is 11.4. The molecule has 1 fully saturated rings. The van der Waals surface area contributed by atoms with Gasteiger partial charge in [-0.1, -0.05) is 20.8 Å². The Morgan fingerprint density at radius 3 is 1.50 bits per heavy atom. The van der Waals surface area contributed by atoms with Gasteiger partial charge in [0.2, 0.25) is 0 Å². The summed E-state index contributed by atoms with van der Waals surface area (Å²) in [5.74, 6) is -2.62. The van der Waals surface area contributed by atoms with E-state index >= 15 is 0 Å². The zero-order chi connectivity index (χ0) is 24.1. The third kappa shape index (κ3) is 13.2. The molecule has 0 aliphatic carbocycles. The Balaban J connectivity index is 0. The van der Waals surface area contributed by atoms with Crippen molar-refractivity contribution >= 4 is 44.4 Å². The van der Waals surface area contributed by atoms with Crippen molar-refractivity contribution in [3.05, 3.63) is 0 Å². The van der Waals surface area contributed by atoms with Crippen molar-refractivity contribution in [3.63, 3.8) is 0 Å². The second kappa shape index (κ2) is 17.8. The van der Waals surface area contributed by atoms with Crippen LogP contribution >= 0.6 is 7.92 Å². The number of esters is 4. The Kier molecular flexibility index (Phi) is 18.6. The first-order valence-electron chi connectivity index (χ1n) is 10.1. The van der Waals surface area contributed by atoms with Crippen LogP contribution in [0.5, 0.6) is 0 Å². The Labute approximate surface area is 212 Å². The van der Waals surface area contributed by atoms with Gasteiger partial charge in [0.05, 0.1) is 0 Å². The first kappa shape index (κ1) is 33.5. The monoisotopic (exact) mass is 678 g/mol. The second-order valence-electron chi connectivity index (χ2n) is 6.69. The molecule has 1 rings (SSSR count). The van der Waals surface area contributed by atoms with Crippen molar-refractivity contribution < 1.29 is 65.2 Å². The van der Waals surface area contributed by atoms with Crippen LogP contribution in [-0.2, 0) is 77.9 Å². The van der Waals surface area contributed by atoms with E-state index in [-0.39, 0.29) is 29.0 Å². The molecular weight excluding hydrogens is 644 g/mol. The molecule has 9 nitrogen and oxygen atoms in total. The quantitative estimate of drug-likeness (QED) is 0.125. The first-order valence-corrected chi connectivity index (χ1v) is 12.5. The predicted octanol–water partition coefficient (Wildman–Crippen LogP) is 2.14. The van der Waals surface area contributed by atoms with E-state index in [9.17, 15) is 19.2 Å². The van der Waals surface area contributed by atoms with Crippen molar-refractivity contribution in [2.24, 2.45) is 0 Å². The summed E-state index contributed by atoms with van der Waals surface area (Å²) >= 11 is 5.11. The van der Waals surface area contributed by atoms with Crippen molar-refractivity contribution in [2.45, 2.75) is 78.3 Å². The number of rotatable bonds is 8. The van der Waals surface area contributed by atoms with E-state index in [1.165, 1.54) is 25.4 Å². The molecule has 5 atom stereocenters. The van der Waals surface area contributed by atoms with Crippen LogP contribution in [0.25, 0.3) is 0 Å². The standard InChI is InChI=1S/C14H20O9S.C6H15P.Au/c1-6(15)19-5-10-11(20-7(2)16)12(21-8(3)17)13(14(24)23-10)22-9(4)18;1-4-7(5-2)6-3;/h10-14,24H,5H2,1-4H3;4-6H2,1-3H3;/q;;+1/p-1/t10-,11-,12+,13+,14+;;/m1../s1. The summed E-state index contributed by atoms with van der Waals surface area (Å²) < 4.78 is 25.7. The Bertz CT molecular complexity index is 598. The number of hydrogen-bond donors (Lipinski definition) is 0. The van der Waals surface area contributed by atoms with Crippen LogP contribution in [0, 0.1) is 0 Å². The summed E-state index contributed by atoms with van der Waals surface area (Å²) in [6, 6.07) is 0. The van der Waals surface area contributed by atoms with Crippen molar-refractivity contribution in [3.8, 4) is 0 Å². The molecule has 0 unspecified atom stereocenters. The molecule has 0 aromatic carbocycles. The average molecular weight is 678 g/mol. The SMILES string of the molecule is CC(=O)OC[C@H]1O[C@@H]([S-])[C@@H](OC(C)=O)[C@@H](OC(C)=O)[C@@H]1OC(C)=O.CCP(CC)CC.[Au+]. The fourth-order valence-corrected chi connectivity index (χ4v) is 4.55. The van der Waals surface area contributed by atoms with E-state index in [2.05, 4.69) is 20.8 Å². The first-order chi connectivity index (χ1) is 14.5. The topological polar surface area (TPSA) is 114 Å². The fraction of sp³-hybridized carbons (Fsp3) is 0.800. The second-order valence-corrected chi connectivity index (χ2v) is 10.4. The van der Waals surface area contributed by atoms with Gasteiger partial charge in [-0.15, -0.1) is 7.92 Å². The van der Waals surface area contributed by atoms with Gasteiger partial charge in [-0.25, -0.2) is 0 Å². The molecule has 1 saturated heterocycles. The molecule has 0 aromatic heterocycles. The predicted molar refractivity (Wildman–Crippen MR) is 118 cm³/mol. The van der Waals surface area contributed by atoms with E-state index in [1.54, 1.807) is 0 Å². The van der Waals surface area contributed by atoms with E-state index in [4.69, 9.17) is 36.3 Å². The molecule has 1 aliphatic rings. The minimum atomic E-state index is -1.19. The summed E-state index contributed by atoms with van der Waals surface area (Å²) in [6.07, 6.45) is -0.218. The summed E-state index contributed by atoms with van der Waals surface area (Å²) in [6.45, 7) is 11.2. The summed E-state index contributed by atoms with van der Waals surface area (Å²) in [7, 11) is 0.446. The molecule has 0 saturated carbocycles. The van der Waals surface area contributed by atoms with E-state index in [0.717, 1.165) is 20.8 Å². The van der Waals surface area contributed by atoms with Gasteiger partial charge in [0.1, 0.15) is 18.8 Å². The van der Waals surface area contributed by atoms with Gasteiger partial charge in [-0.2, -0.15) is 0 Å². The van der Waals surface area contributed by atoms with Gasteiger partial charge < -0.3 is 36.3 Å². The minimum absolute atomic E-state index is 0. The Morgan fingerprint density at radius 2 is 1.16 bits per heavy atom. The van der Waals surface area contributed by atoms with Crippen LogP contribution < -0.4 is 0 Å². The molecule has 190 valence electrons. The Hall–Kier alpha value is -0.640. The van der Waals surface area contributed by atoms with Gasteiger partial charge in [0.15, 0.2) is 12.2 Å². The average Bonchev–Trinajstić information content (AvgIpc) is 2.66. The van der Waals surface area contributed by atoms with Crippen LogP contribution in [0.15, 0.2) is 0 Å². The van der Waals surface area contributed by atoms with Gasteiger partial charge in [0, 0.05) is 27.7 Å². The Morgan fingerprint density at radius 1 is 0.750 bits per heavy atom. The molecule has 0 bridgehead atoms. The number of ether oxygens (including phenoxy) is 5. The minimum Gasteiger partial charge on any atom is -0.757 e. The van der Waals surface area contributed by atoms with Crippen molar-refractivity contribution in [1.82, 2.24) is 0 Å². The van der Waals surface area contributed by atoms with Gasteiger partial charge in [-0.3, -0.25) is 19.2 Å². The fourth-order valence-electron chi connectivity index (χ4n) is 2.86. The molecule has 0 aromatic rings. The maximum atomic E-state index is 11.4. The van der Waals surface area contributed by atoms with Crippen LogP contribution in [0.1, 0.15) is 48.5 Å². The van der Waals surface area contributed by atoms with E-state index < -0.39 is 53.7 Å². The van der Waals surface area contributed by atoms with Gasteiger partial charge in [0.25, 0.3) is 0 Å². The zero-order valence-electron chi connectivity index (χ0n) is 19.5. The molecular formula is C20H34AuO9PS. The maximum Gasteiger partial charge on any atom is 1.00 e. The third-order valence-electron chi connectivity index (χ3n) is 4.29. The number of carbonyl (C=O) groups excluding carboxylic acids is 4. The molecule has 1 aliphatic heterocycles. The molecule has 1 heterocycles. The molecule has 0 radical (unpaired) electrons. The third-order valence-corrected chi connectivity index (χ3v) is 7.35. The molecule has 12 heteroatoms. The van der Waals surface area contributed by atoms with E-state index in [1.807, 2.05) is 0 Å². The van der Waals surface area contributed by atoms with Crippen LogP contribution in [-0.4, -0.2) is 78.8 Å². The number of hydrogen-bond acceptors (Lipinski definition) is 10. The smallest absolute Gasteiger partial charge is 0.757 e. The van der Waals surface area contributed by atoms with Crippen molar-refractivity contribution in [1.29, 1.82) is 0 Å². The summed E-state index contributed by atoms with van der Waals surface area (Å²) in [4.78, 5) is 45.0. The normalized spacial score (nSPS) is 24.2.